The van der Waals surface area contributed by atoms with Crippen molar-refractivity contribution in [1.82, 2.24) is 4.90 Å². The maximum atomic E-state index is 13.7. The van der Waals surface area contributed by atoms with E-state index in [9.17, 15) is 4.39 Å². The molecule has 0 spiro atoms. The van der Waals surface area contributed by atoms with Crippen LogP contribution in [0.25, 0.3) is 0 Å². The van der Waals surface area contributed by atoms with Crippen LogP contribution in [0.1, 0.15) is 31.7 Å². The molecular weight excluding hydrogens is 239 g/mol. The summed E-state index contributed by atoms with van der Waals surface area (Å²) in [6.07, 6.45) is 3.64. The van der Waals surface area contributed by atoms with Crippen molar-refractivity contribution in [1.29, 1.82) is 0 Å². The summed E-state index contributed by atoms with van der Waals surface area (Å²) < 4.78 is 13.7. The Labute approximate surface area is 115 Å². The Bertz CT molecular complexity index is 407. The van der Waals surface area contributed by atoms with E-state index >= 15 is 0 Å². The Kier molecular flexibility index (Phi) is 4.94. The lowest BCUT2D eigenvalue weighted by Crippen LogP contribution is -2.44. The molecule has 0 aliphatic heterocycles. The molecule has 1 aliphatic carbocycles. The fourth-order valence-corrected chi connectivity index (χ4v) is 3.24. The predicted octanol–water partition coefficient (Wildman–Crippen LogP) is 3.02. The molecule has 1 fully saturated rings. The summed E-state index contributed by atoms with van der Waals surface area (Å²) in [6.45, 7) is 3.70. The van der Waals surface area contributed by atoms with Crippen LogP contribution in [0.5, 0.6) is 0 Å². The van der Waals surface area contributed by atoms with E-state index in [1.54, 1.807) is 6.07 Å². The molecule has 3 unspecified atom stereocenters. The maximum Gasteiger partial charge on any atom is 0.127 e. The standard InChI is InChI=1S/C16H25FN2/c1-12-7-8-13(10-18)16(9-12)19(2)11-14-5-3-4-6-15(14)17/h3-6,12-13,16H,7-11,18H2,1-2H3. The quantitative estimate of drug-likeness (QED) is 0.905. The fraction of sp³-hybridized carbons (Fsp3) is 0.625. The van der Waals surface area contributed by atoms with Crippen molar-refractivity contribution in [3.63, 3.8) is 0 Å². The summed E-state index contributed by atoms with van der Waals surface area (Å²) in [5.74, 6) is 1.19. The van der Waals surface area contributed by atoms with Crippen molar-refractivity contribution in [2.75, 3.05) is 13.6 Å². The van der Waals surface area contributed by atoms with Gasteiger partial charge in [0.1, 0.15) is 5.82 Å². The van der Waals surface area contributed by atoms with Crippen LogP contribution in [-0.2, 0) is 6.54 Å². The van der Waals surface area contributed by atoms with E-state index in [1.807, 2.05) is 12.1 Å². The van der Waals surface area contributed by atoms with Gasteiger partial charge in [-0.25, -0.2) is 4.39 Å². The van der Waals surface area contributed by atoms with Gasteiger partial charge in [0.15, 0.2) is 0 Å². The third kappa shape index (κ3) is 3.54. The number of halogens is 1. The van der Waals surface area contributed by atoms with Gasteiger partial charge >= 0.3 is 0 Å². The highest BCUT2D eigenvalue weighted by atomic mass is 19.1. The Balaban J connectivity index is 2.05. The number of nitrogens with zero attached hydrogens (tertiary/aromatic N) is 1. The summed E-state index contributed by atoms with van der Waals surface area (Å²) in [4.78, 5) is 2.28. The topological polar surface area (TPSA) is 29.3 Å². The molecule has 3 atom stereocenters. The first kappa shape index (κ1) is 14.5. The van der Waals surface area contributed by atoms with Gasteiger partial charge in [-0.05, 0) is 44.3 Å². The molecule has 2 nitrogen and oxygen atoms in total. The zero-order valence-electron chi connectivity index (χ0n) is 12.0. The third-order valence-electron chi connectivity index (χ3n) is 4.46. The van der Waals surface area contributed by atoms with Crippen LogP contribution in [0.2, 0.25) is 0 Å². The molecule has 106 valence electrons. The molecule has 1 aliphatic rings. The lowest BCUT2D eigenvalue weighted by molar-refractivity contribution is 0.102. The van der Waals surface area contributed by atoms with Crippen molar-refractivity contribution in [2.45, 2.75) is 38.8 Å². The summed E-state index contributed by atoms with van der Waals surface area (Å²) in [5.41, 5.74) is 6.68. The molecule has 2 N–H and O–H groups in total. The molecule has 1 aromatic carbocycles. The number of benzene rings is 1. The molecular formula is C16H25FN2. The van der Waals surface area contributed by atoms with E-state index in [-0.39, 0.29) is 5.82 Å². The summed E-state index contributed by atoms with van der Waals surface area (Å²) in [7, 11) is 2.10. The Morgan fingerprint density at radius 2 is 2.05 bits per heavy atom. The number of hydrogen-bond donors (Lipinski definition) is 1. The third-order valence-corrected chi connectivity index (χ3v) is 4.46. The molecule has 2 rings (SSSR count). The molecule has 19 heavy (non-hydrogen) atoms. The van der Waals surface area contributed by atoms with E-state index < -0.39 is 0 Å². The highest BCUT2D eigenvalue weighted by molar-refractivity contribution is 5.17. The minimum atomic E-state index is -0.109. The van der Waals surface area contributed by atoms with Crippen molar-refractivity contribution >= 4 is 0 Å². The molecule has 0 radical (unpaired) electrons. The first-order chi connectivity index (χ1) is 9.11. The van der Waals surface area contributed by atoms with Crippen LogP contribution >= 0.6 is 0 Å². The van der Waals surface area contributed by atoms with E-state index in [0.717, 1.165) is 18.0 Å². The summed E-state index contributed by atoms with van der Waals surface area (Å²) in [5, 5.41) is 0. The monoisotopic (exact) mass is 264 g/mol. The van der Waals surface area contributed by atoms with Gasteiger partial charge in [-0.15, -0.1) is 0 Å². The van der Waals surface area contributed by atoms with Gasteiger partial charge in [-0.2, -0.15) is 0 Å². The molecule has 3 heteroatoms. The van der Waals surface area contributed by atoms with E-state index in [2.05, 4.69) is 18.9 Å². The summed E-state index contributed by atoms with van der Waals surface area (Å²) in [6, 6.07) is 7.52. The zero-order chi connectivity index (χ0) is 13.8. The van der Waals surface area contributed by atoms with Gasteiger partial charge in [0, 0.05) is 18.2 Å². The lowest BCUT2D eigenvalue weighted by Gasteiger charge is -2.40. The summed E-state index contributed by atoms with van der Waals surface area (Å²) >= 11 is 0. The van der Waals surface area contributed by atoms with Gasteiger partial charge in [-0.1, -0.05) is 31.5 Å². The highest BCUT2D eigenvalue weighted by Crippen LogP contribution is 2.31. The molecule has 0 amide bonds. The van der Waals surface area contributed by atoms with Crippen molar-refractivity contribution in [3.05, 3.63) is 35.6 Å². The Morgan fingerprint density at radius 1 is 1.32 bits per heavy atom. The number of rotatable bonds is 4. The highest BCUT2D eigenvalue weighted by Gasteiger charge is 2.30. The second-order valence-electron chi connectivity index (χ2n) is 5.99. The second kappa shape index (κ2) is 6.49. The zero-order valence-corrected chi connectivity index (χ0v) is 12.0. The van der Waals surface area contributed by atoms with Crippen molar-refractivity contribution in [2.24, 2.45) is 17.6 Å². The molecule has 0 heterocycles. The fourth-order valence-electron chi connectivity index (χ4n) is 3.24. The van der Waals surface area contributed by atoms with Crippen molar-refractivity contribution in [3.8, 4) is 0 Å². The average molecular weight is 264 g/mol. The van der Waals surface area contributed by atoms with Crippen LogP contribution < -0.4 is 5.73 Å². The van der Waals surface area contributed by atoms with Crippen LogP contribution in [0.4, 0.5) is 4.39 Å². The normalized spacial score (nSPS) is 27.7. The Morgan fingerprint density at radius 3 is 2.74 bits per heavy atom. The van der Waals surface area contributed by atoms with Crippen molar-refractivity contribution < 1.29 is 4.39 Å². The van der Waals surface area contributed by atoms with Gasteiger partial charge in [0.05, 0.1) is 0 Å². The largest absolute Gasteiger partial charge is 0.330 e. The molecule has 1 aromatic rings. The van der Waals surface area contributed by atoms with E-state index in [4.69, 9.17) is 5.73 Å². The van der Waals surface area contributed by atoms with Gasteiger partial charge in [0.25, 0.3) is 0 Å². The first-order valence-electron chi connectivity index (χ1n) is 7.25. The van der Waals surface area contributed by atoms with Crippen LogP contribution in [0.3, 0.4) is 0 Å². The molecule has 0 bridgehead atoms. The Hall–Kier alpha value is -0.930. The van der Waals surface area contributed by atoms with Crippen LogP contribution in [0.15, 0.2) is 24.3 Å². The van der Waals surface area contributed by atoms with Gasteiger partial charge < -0.3 is 5.73 Å². The minimum absolute atomic E-state index is 0.109. The number of hydrogen-bond acceptors (Lipinski definition) is 2. The molecule has 1 saturated carbocycles. The van der Waals surface area contributed by atoms with Crippen LogP contribution in [0, 0.1) is 17.7 Å². The van der Waals surface area contributed by atoms with Crippen LogP contribution in [-0.4, -0.2) is 24.5 Å². The van der Waals surface area contributed by atoms with E-state index in [0.29, 0.717) is 18.5 Å². The average Bonchev–Trinajstić information content (AvgIpc) is 2.41. The lowest BCUT2D eigenvalue weighted by atomic mass is 9.78. The SMILES string of the molecule is CC1CCC(CN)C(N(C)Cc2ccccc2F)C1. The minimum Gasteiger partial charge on any atom is -0.330 e. The molecule has 0 saturated heterocycles. The first-order valence-corrected chi connectivity index (χ1v) is 7.25. The predicted molar refractivity (Wildman–Crippen MR) is 77.2 cm³/mol. The van der Waals surface area contributed by atoms with Gasteiger partial charge in [-0.3, -0.25) is 4.90 Å². The maximum absolute atomic E-state index is 13.7. The smallest absolute Gasteiger partial charge is 0.127 e. The molecule has 0 aromatic heterocycles. The van der Waals surface area contributed by atoms with Gasteiger partial charge in [0.2, 0.25) is 0 Å². The number of nitrogens with two attached hydrogens (primary N) is 1. The second-order valence-corrected chi connectivity index (χ2v) is 5.99. The van der Waals surface area contributed by atoms with E-state index in [1.165, 1.54) is 25.3 Å².